The van der Waals surface area contributed by atoms with E-state index in [1.807, 2.05) is 61.5 Å². The van der Waals surface area contributed by atoms with Crippen LogP contribution in [0.25, 0.3) is 6.08 Å². The van der Waals surface area contributed by atoms with Crippen LogP contribution in [0.4, 0.5) is 5.69 Å². The van der Waals surface area contributed by atoms with Gasteiger partial charge in [0.05, 0.1) is 24.3 Å². The van der Waals surface area contributed by atoms with Crippen molar-refractivity contribution in [1.82, 2.24) is 5.32 Å². The van der Waals surface area contributed by atoms with Crippen LogP contribution in [0.3, 0.4) is 0 Å². The van der Waals surface area contributed by atoms with Gasteiger partial charge in [0.1, 0.15) is 0 Å². The normalized spacial score (nSPS) is 13.9. The van der Waals surface area contributed by atoms with E-state index >= 15 is 0 Å². The maximum atomic E-state index is 13.1. The van der Waals surface area contributed by atoms with Crippen molar-refractivity contribution in [1.29, 1.82) is 0 Å². The number of anilines is 1. The summed E-state index contributed by atoms with van der Waals surface area (Å²) in [5, 5.41) is 3.63. The fraction of sp³-hybridized carbons (Fsp3) is 0.214. The Morgan fingerprint density at radius 2 is 1.86 bits per heavy atom. The molecule has 2 amide bonds. The van der Waals surface area contributed by atoms with E-state index in [2.05, 4.69) is 5.32 Å². The standard InChI is InChI=1S/C28H27ClN2O4S/c1-4-35-23-11-7-19(15-24(23)34-3)16-26-28(33)31(2)22-17-20(8-12-25(22)36-26)27(32)30-14-13-18-5-9-21(29)10-6-18/h5-12,15-17H,4,13-14H2,1-3H3,(H,30,32). The number of rotatable bonds is 8. The lowest BCUT2D eigenvalue weighted by atomic mass is 10.1. The van der Waals surface area contributed by atoms with Gasteiger partial charge in [-0.15, -0.1) is 0 Å². The molecule has 1 aliphatic rings. The second-order valence-corrected chi connectivity index (χ2v) is 9.65. The molecule has 6 nitrogen and oxygen atoms in total. The van der Waals surface area contributed by atoms with Crippen LogP contribution in [0.1, 0.15) is 28.4 Å². The number of thioether (sulfide) groups is 1. The molecule has 1 N–H and O–H groups in total. The van der Waals surface area contributed by atoms with Gasteiger partial charge in [-0.25, -0.2) is 0 Å². The Kier molecular flexibility index (Phi) is 8.23. The average Bonchev–Trinajstić information content (AvgIpc) is 2.89. The third-order valence-electron chi connectivity index (χ3n) is 5.72. The van der Waals surface area contributed by atoms with Crippen LogP contribution in [0.2, 0.25) is 5.02 Å². The van der Waals surface area contributed by atoms with Crippen molar-refractivity contribution >= 4 is 46.9 Å². The third-order valence-corrected chi connectivity index (χ3v) is 7.05. The topological polar surface area (TPSA) is 67.9 Å². The Bertz CT molecular complexity index is 1310. The zero-order valence-corrected chi connectivity index (χ0v) is 21.9. The monoisotopic (exact) mass is 522 g/mol. The molecule has 1 heterocycles. The molecule has 1 aliphatic heterocycles. The minimum atomic E-state index is -0.180. The van der Waals surface area contributed by atoms with Crippen LogP contribution in [0, 0.1) is 0 Å². The van der Waals surface area contributed by atoms with Crippen LogP contribution in [-0.2, 0) is 11.2 Å². The van der Waals surface area contributed by atoms with Gasteiger partial charge in [-0.3, -0.25) is 9.59 Å². The molecule has 0 spiro atoms. The van der Waals surface area contributed by atoms with Crippen LogP contribution in [-0.4, -0.2) is 39.1 Å². The van der Waals surface area contributed by atoms with Crippen LogP contribution < -0.4 is 19.7 Å². The van der Waals surface area contributed by atoms with Gasteiger partial charge in [0.15, 0.2) is 11.5 Å². The smallest absolute Gasteiger partial charge is 0.264 e. The molecule has 0 bridgehead atoms. The molecule has 36 heavy (non-hydrogen) atoms. The highest BCUT2D eigenvalue weighted by molar-refractivity contribution is 8.04. The predicted molar refractivity (Wildman–Crippen MR) is 145 cm³/mol. The molecule has 4 rings (SSSR count). The molecule has 0 unspecified atom stereocenters. The Labute approximate surface area is 220 Å². The molecule has 0 fully saturated rings. The van der Waals surface area contributed by atoms with Gasteiger partial charge in [0.2, 0.25) is 0 Å². The molecule has 0 atom stereocenters. The van der Waals surface area contributed by atoms with Crippen molar-refractivity contribution in [3.63, 3.8) is 0 Å². The maximum absolute atomic E-state index is 13.1. The van der Waals surface area contributed by atoms with Crippen molar-refractivity contribution in [2.24, 2.45) is 0 Å². The maximum Gasteiger partial charge on any atom is 0.264 e. The summed E-state index contributed by atoms with van der Waals surface area (Å²) in [7, 11) is 3.31. The molecular weight excluding hydrogens is 496 g/mol. The Balaban J connectivity index is 1.47. The number of methoxy groups -OCH3 is 1. The molecule has 3 aromatic carbocycles. The number of ether oxygens (including phenoxy) is 2. The number of nitrogens with zero attached hydrogens (tertiary/aromatic N) is 1. The zero-order chi connectivity index (χ0) is 25.7. The first-order valence-electron chi connectivity index (χ1n) is 11.5. The SMILES string of the molecule is CCOc1ccc(C=C2Sc3ccc(C(=O)NCCc4ccc(Cl)cc4)cc3N(C)C2=O)cc1OC. The van der Waals surface area contributed by atoms with E-state index in [4.69, 9.17) is 21.1 Å². The fourth-order valence-corrected chi connectivity index (χ4v) is 5.03. The molecule has 8 heteroatoms. The highest BCUT2D eigenvalue weighted by atomic mass is 35.5. The van der Waals surface area contributed by atoms with E-state index < -0.39 is 0 Å². The molecule has 0 aliphatic carbocycles. The largest absolute Gasteiger partial charge is 0.493 e. The van der Waals surface area contributed by atoms with E-state index in [0.717, 1.165) is 16.0 Å². The fourth-order valence-electron chi connectivity index (χ4n) is 3.81. The number of hydrogen-bond acceptors (Lipinski definition) is 5. The van der Waals surface area contributed by atoms with E-state index in [1.165, 1.54) is 11.8 Å². The first kappa shape index (κ1) is 25.7. The van der Waals surface area contributed by atoms with E-state index in [-0.39, 0.29) is 11.8 Å². The highest BCUT2D eigenvalue weighted by Gasteiger charge is 2.27. The molecule has 0 saturated heterocycles. The van der Waals surface area contributed by atoms with Crippen molar-refractivity contribution in [2.45, 2.75) is 18.2 Å². The zero-order valence-electron chi connectivity index (χ0n) is 20.3. The summed E-state index contributed by atoms with van der Waals surface area (Å²) in [5.74, 6) is 0.951. The predicted octanol–water partition coefficient (Wildman–Crippen LogP) is 5.83. The van der Waals surface area contributed by atoms with Crippen LogP contribution >= 0.6 is 23.4 Å². The first-order chi connectivity index (χ1) is 17.4. The highest BCUT2D eigenvalue weighted by Crippen LogP contribution is 2.42. The number of hydrogen-bond donors (Lipinski definition) is 1. The number of fused-ring (bicyclic) bond motifs is 1. The van der Waals surface area contributed by atoms with Crippen molar-refractivity contribution in [2.75, 3.05) is 32.2 Å². The van der Waals surface area contributed by atoms with E-state index in [9.17, 15) is 9.59 Å². The number of nitrogens with one attached hydrogen (secondary N) is 1. The third kappa shape index (κ3) is 5.86. The number of carbonyl (C=O) groups is 2. The lowest BCUT2D eigenvalue weighted by Crippen LogP contribution is -2.31. The number of amides is 2. The minimum absolute atomic E-state index is 0.138. The summed E-state index contributed by atoms with van der Waals surface area (Å²) in [6, 6.07) is 18.5. The van der Waals surface area contributed by atoms with Gasteiger partial charge < -0.3 is 19.7 Å². The Morgan fingerprint density at radius 3 is 2.58 bits per heavy atom. The number of likely N-dealkylation sites (N-methyl/N-ethyl adjacent to an activating group) is 1. The molecule has 186 valence electrons. The van der Waals surface area contributed by atoms with E-state index in [0.29, 0.717) is 52.3 Å². The van der Waals surface area contributed by atoms with Gasteiger partial charge in [-0.05, 0) is 73.0 Å². The molecule has 0 radical (unpaired) electrons. The van der Waals surface area contributed by atoms with Gasteiger partial charge in [0.25, 0.3) is 11.8 Å². The van der Waals surface area contributed by atoms with Gasteiger partial charge >= 0.3 is 0 Å². The number of halogens is 1. The second kappa shape index (κ2) is 11.5. The Morgan fingerprint density at radius 1 is 1.08 bits per heavy atom. The summed E-state index contributed by atoms with van der Waals surface area (Å²) in [6.07, 6.45) is 2.54. The summed E-state index contributed by atoms with van der Waals surface area (Å²) in [6.45, 7) is 2.95. The van der Waals surface area contributed by atoms with Crippen molar-refractivity contribution in [3.8, 4) is 11.5 Å². The van der Waals surface area contributed by atoms with Crippen LogP contribution in [0.15, 0.2) is 70.5 Å². The molecule has 0 aromatic heterocycles. The van der Waals surface area contributed by atoms with Crippen molar-refractivity contribution in [3.05, 3.63) is 87.3 Å². The van der Waals surface area contributed by atoms with Crippen molar-refractivity contribution < 1.29 is 19.1 Å². The molecule has 0 saturated carbocycles. The lowest BCUT2D eigenvalue weighted by Gasteiger charge is -2.27. The summed E-state index contributed by atoms with van der Waals surface area (Å²) < 4.78 is 11.0. The lowest BCUT2D eigenvalue weighted by molar-refractivity contribution is -0.114. The number of carbonyl (C=O) groups excluding carboxylic acids is 2. The minimum Gasteiger partial charge on any atom is -0.493 e. The quantitative estimate of drug-likeness (QED) is 0.377. The molecule has 3 aromatic rings. The summed E-state index contributed by atoms with van der Waals surface area (Å²) >= 11 is 7.31. The molecular formula is C28H27ClN2O4S. The van der Waals surface area contributed by atoms with Crippen LogP contribution in [0.5, 0.6) is 11.5 Å². The van der Waals surface area contributed by atoms with Gasteiger partial charge in [-0.1, -0.05) is 41.6 Å². The van der Waals surface area contributed by atoms with E-state index in [1.54, 1.807) is 31.2 Å². The average molecular weight is 523 g/mol. The number of benzene rings is 3. The van der Waals surface area contributed by atoms with Gasteiger partial charge in [0, 0.05) is 29.1 Å². The first-order valence-corrected chi connectivity index (χ1v) is 12.7. The van der Waals surface area contributed by atoms with Gasteiger partial charge in [-0.2, -0.15) is 0 Å². The summed E-state index contributed by atoms with van der Waals surface area (Å²) in [4.78, 5) is 28.9. The summed E-state index contributed by atoms with van der Waals surface area (Å²) in [5.41, 5.74) is 3.14. The Hall–Kier alpha value is -3.42. The second-order valence-electron chi connectivity index (χ2n) is 8.13.